The molecule has 0 spiro atoms. The van der Waals surface area contributed by atoms with Crippen molar-refractivity contribution in [1.29, 1.82) is 0 Å². The van der Waals surface area contributed by atoms with Crippen LogP contribution in [0.2, 0.25) is 0 Å². The van der Waals surface area contributed by atoms with E-state index in [0.29, 0.717) is 5.95 Å². The van der Waals surface area contributed by atoms with E-state index in [1.807, 2.05) is 13.1 Å². The van der Waals surface area contributed by atoms with Crippen molar-refractivity contribution in [1.82, 2.24) is 9.97 Å². The summed E-state index contributed by atoms with van der Waals surface area (Å²) < 4.78 is 0. The molecular formula is C15H19N3S. The molecule has 1 aromatic carbocycles. The summed E-state index contributed by atoms with van der Waals surface area (Å²) in [6.45, 7) is 7.08. The quantitative estimate of drug-likeness (QED) is 0.664. The van der Waals surface area contributed by atoms with Crippen molar-refractivity contribution in [3.05, 3.63) is 47.2 Å². The molecule has 1 heterocycles. The van der Waals surface area contributed by atoms with Crippen molar-refractivity contribution >= 4 is 17.7 Å². The van der Waals surface area contributed by atoms with Crippen molar-refractivity contribution in [3.8, 4) is 0 Å². The van der Waals surface area contributed by atoms with E-state index >= 15 is 0 Å². The lowest BCUT2D eigenvalue weighted by Crippen LogP contribution is -2.03. The van der Waals surface area contributed by atoms with E-state index in [2.05, 4.69) is 53.4 Å². The zero-order valence-electron chi connectivity index (χ0n) is 11.6. The van der Waals surface area contributed by atoms with Crippen LogP contribution in [-0.4, -0.2) is 16.5 Å². The Hall–Kier alpha value is -1.55. The molecule has 3 nitrogen and oxygen atoms in total. The number of benzene rings is 1. The Balaban J connectivity index is 2.10. The first-order valence-corrected chi connectivity index (χ1v) is 7.44. The SMILES string of the molecule is CCNc1ncc(C)c(SCc2ccccc2C)n1. The molecule has 0 aliphatic rings. The fraction of sp³-hybridized carbons (Fsp3) is 0.333. The molecule has 0 unspecified atom stereocenters. The Morgan fingerprint density at radius 2 is 1.95 bits per heavy atom. The Bertz CT molecular complexity index is 555. The summed E-state index contributed by atoms with van der Waals surface area (Å²) in [5, 5.41) is 4.20. The standard InChI is InChI=1S/C15H19N3S/c1-4-16-15-17-9-12(3)14(18-15)19-10-13-8-6-5-7-11(13)2/h5-9H,4,10H2,1-3H3,(H,16,17,18). The topological polar surface area (TPSA) is 37.8 Å². The van der Waals surface area contributed by atoms with Gasteiger partial charge >= 0.3 is 0 Å². The van der Waals surface area contributed by atoms with Crippen LogP contribution in [0.15, 0.2) is 35.5 Å². The molecular weight excluding hydrogens is 254 g/mol. The summed E-state index contributed by atoms with van der Waals surface area (Å²) in [6.07, 6.45) is 1.88. The van der Waals surface area contributed by atoms with Gasteiger partial charge in [-0.1, -0.05) is 24.3 Å². The highest BCUT2D eigenvalue weighted by Gasteiger charge is 2.05. The van der Waals surface area contributed by atoms with Gasteiger partial charge in [0.2, 0.25) is 5.95 Å². The summed E-state index contributed by atoms with van der Waals surface area (Å²) >= 11 is 1.76. The lowest BCUT2D eigenvalue weighted by molar-refractivity contribution is 0.983. The zero-order valence-corrected chi connectivity index (χ0v) is 12.4. The molecule has 0 saturated carbocycles. The smallest absolute Gasteiger partial charge is 0.223 e. The number of thioether (sulfide) groups is 1. The van der Waals surface area contributed by atoms with Crippen LogP contribution in [0.1, 0.15) is 23.6 Å². The molecule has 0 fully saturated rings. The molecule has 0 bridgehead atoms. The average Bonchev–Trinajstić information content (AvgIpc) is 2.41. The predicted molar refractivity (Wildman–Crippen MR) is 81.7 cm³/mol. The van der Waals surface area contributed by atoms with E-state index in [1.165, 1.54) is 11.1 Å². The van der Waals surface area contributed by atoms with Crippen molar-refractivity contribution in [2.24, 2.45) is 0 Å². The molecule has 0 aliphatic carbocycles. The first-order valence-electron chi connectivity index (χ1n) is 6.45. The Morgan fingerprint density at radius 3 is 2.68 bits per heavy atom. The van der Waals surface area contributed by atoms with Crippen LogP contribution < -0.4 is 5.32 Å². The first-order chi connectivity index (χ1) is 9.20. The van der Waals surface area contributed by atoms with Gasteiger partial charge in [0, 0.05) is 18.5 Å². The van der Waals surface area contributed by atoms with Crippen LogP contribution in [0.3, 0.4) is 0 Å². The van der Waals surface area contributed by atoms with E-state index in [0.717, 1.165) is 22.9 Å². The van der Waals surface area contributed by atoms with Crippen LogP contribution >= 0.6 is 11.8 Å². The van der Waals surface area contributed by atoms with Gasteiger partial charge in [0.1, 0.15) is 5.03 Å². The second-order valence-corrected chi connectivity index (χ2v) is 5.39. The number of anilines is 1. The third-order valence-corrected chi connectivity index (χ3v) is 4.03. The largest absolute Gasteiger partial charge is 0.354 e. The minimum Gasteiger partial charge on any atom is -0.354 e. The molecule has 0 aliphatic heterocycles. The van der Waals surface area contributed by atoms with Gasteiger partial charge in [0.25, 0.3) is 0 Å². The summed E-state index contributed by atoms with van der Waals surface area (Å²) in [5.74, 6) is 1.65. The molecule has 0 radical (unpaired) electrons. The fourth-order valence-electron chi connectivity index (χ4n) is 1.73. The van der Waals surface area contributed by atoms with Gasteiger partial charge in [0.05, 0.1) is 0 Å². The van der Waals surface area contributed by atoms with Crippen LogP contribution in [0, 0.1) is 13.8 Å². The molecule has 1 N–H and O–H groups in total. The highest BCUT2D eigenvalue weighted by atomic mass is 32.2. The van der Waals surface area contributed by atoms with Gasteiger partial charge in [-0.2, -0.15) is 0 Å². The number of rotatable bonds is 5. The summed E-state index contributed by atoms with van der Waals surface area (Å²) in [4.78, 5) is 8.81. The van der Waals surface area contributed by atoms with Gasteiger partial charge < -0.3 is 5.32 Å². The molecule has 19 heavy (non-hydrogen) atoms. The number of nitrogens with one attached hydrogen (secondary N) is 1. The van der Waals surface area contributed by atoms with Crippen LogP contribution in [-0.2, 0) is 5.75 Å². The minimum atomic E-state index is 0.709. The lowest BCUT2D eigenvalue weighted by atomic mass is 10.1. The van der Waals surface area contributed by atoms with Gasteiger partial charge in [-0.15, -0.1) is 11.8 Å². The lowest BCUT2D eigenvalue weighted by Gasteiger charge is -2.08. The first kappa shape index (κ1) is 13.9. The molecule has 2 rings (SSSR count). The average molecular weight is 273 g/mol. The van der Waals surface area contributed by atoms with E-state index in [1.54, 1.807) is 11.8 Å². The maximum atomic E-state index is 4.55. The normalized spacial score (nSPS) is 10.5. The van der Waals surface area contributed by atoms with E-state index in [-0.39, 0.29) is 0 Å². The van der Waals surface area contributed by atoms with E-state index in [4.69, 9.17) is 0 Å². The third-order valence-electron chi connectivity index (χ3n) is 2.89. The summed E-state index contributed by atoms with van der Waals surface area (Å²) in [7, 11) is 0. The van der Waals surface area contributed by atoms with Gasteiger partial charge in [-0.05, 0) is 37.5 Å². The molecule has 0 atom stereocenters. The maximum Gasteiger partial charge on any atom is 0.223 e. The number of nitrogens with zero attached hydrogens (tertiary/aromatic N) is 2. The van der Waals surface area contributed by atoms with Crippen molar-refractivity contribution in [2.45, 2.75) is 31.6 Å². The Morgan fingerprint density at radius 1 is 1.16 bits per heavy atom. The van der Waals surface area contributed by atoms with Crippen LogP contribution in [0.4, 0.5) is 5.95 Å². The molecule has 2 aromatic rings. The highest BCUT2D eigenvalue weighted by molar-refractivity contribution is 7.98. The number of hydrogen-bond donors (Lipinski definition) is 1. The number of aryl methyl sites for hydroxylation is 2. The zero-order chi connectivity index (χ0) is 13.7. The second-order valence-electron chi connectivity index (χ2n) is 4.43. The van der Waals surface area contributed by atoms with E-state index < -0.39 is 0 Å². The molecule has 0 saturated heterocycles. The van der Waals surface area contributed by atoms with Crippen LogP contribution in [0.5, 0.6) is 0 Å². The fourth-order valence-corrected chi connectivity index (χ4v) is 2.78. The Kier molecular flexibility index (Phi) is 4.80. The summed E-state index contributed by atoms with van der Waals surface area (Å²) in [6, 6.07) is 8.47. The van der Waals surface area contributed by atoms with Gasteiger partial charge in [0.15, 0.2) is 0 Å². The second kappa shape index (κ2) is 6.57. The van der Waals surface area contributed by atoms with Gasteiger partial charge in [-0.3, -0.25) is 0 Å². The maximum absolute atomic E-state index is 4.55. The van der Waals surface area contributed by atoms with E-state index in [9.17, 15) is 0 Å². The monoisotopic (exact) mass is 273 g/mol. The Labute approximate surface area is 118 Å². The third kappa shape index (κ3) is 3.70. The van der Waals surface area contributed by atoms with Gasteiger partial charge in [-0.25, -0.2) is 9.97 Å². The van der Waals surface area contributed by atoms with Crippen LogP contribution in [0.25, 0.3) is 0 Å². The predicted octanol–water partition coefficient (Wildman–Crippen LogP) is 3.82. The summed E-state index contributed by atoms with van der Waals surface area (Å²) in [5.41, 5.74) is 3.81. The number of hydrogen-bond acceptors (Lipinski definition) is 4. The van der Waals surface area contributed by atoms with Crippen molar-refractivity contribution in [3.63, 3.8) is 0 Å². The highest BCUT2D eigenvalue weighted by Crippen LogP contribution is 2.25. The number of aromatic nitrogens is 2. The molecule has 1 aromatic heterocycles. The minimum absolute atomic E-state index is 0.709. The van der Waals surface area contributed by atoms with Crippen molar-refractivity contribution in [2.75, 3.05) is 11.9 Å². The molecule has 0 amide bonds. The molecule has 100 valence electrons. The van der Waals surface area contributed by atoms with Crippen molar-refractivity contribution < 1.29 is 0 Å². The molecule has 4 heteroatoms.